The van der Waals surface area contributed by atoms with Crippen molar-refractivity contribution in [3.8, 4) is 0 Å². The van der Waals surface area contributed by atoms with Crippen molar-refractivity contribution in [3.63, 3.8) is 0 Å². The standard InChI is InChI=1S/C12H19N5/c1-2-16-5-7-17(8-6-16)11-9-10(12(13)14)3-4-15-11/h3-4,9H,2,5-8H2,1H3,(H3,13,14). The number of anilines is 1. The van der Waals surface area contributed by atoms with Crippen LogP contribution in [0.15, 0.2) is 18.3 Å². The van der Waals surface area contributed by atoms with Crippen molar-refractivity contribution >= 4 is 11.7 Å². The van der Waals surface area contributed by atoms with Gasteiger partial charge in [0.15, 0.2) is 0 Å². The van der Waals surface area contributed by atoms with Gasteiger partial charge in [-0.3, -0.25) is 5.41 Å². The highest BCUT2D eigenvalue weighted by atomic mass is 15.3. The van der Waals surface area contributed by atoms with Crippen LogP contribution in [0.25, 0.3) is 0 Å². The third kappa shape index (κ3) is 2.74. The molecule has 0 amide bonds. The molecule has 1 fully saturated rings. The topological polar surface area (TPSA) is 69.2 Å². The highest BCUT2D eigenvalue weighted by molar-refractivity contribution is 5.95. The second kappa shape index (κ2) is 5.14. The van der Waals surface area contributed by atoms with Crippen LogP contribution in [-0.4, -0.2) is 48.4 Å². The first-order valence-electron chi connectivity index (χ1n) is 5.98. The predicted octanol–water partition coefficient (Wildman–Crippen LogP) is 0.508. The number of nitrogens with one attached hydrogen (secondary N) is 1. The van der Waals surface area contributed by atoms with Gasteiger partial charge in [0.05, 0.1) is 0 Å². The second-order valence-corrected chi connectivity index (χ2v) is 4.24. The fourth-order valence-corrected chi connectivity index (χ4v) is 2.05. The summed E-state index contributed by atoms with van der Waals surface area (Å²) in [5.41, 5.74) is 6.23. The van der Waals surface area contributed by atoms with Crippen LogP contribution < -0.4 is 10.6 Å². The summed E-state index contributed by atoms with van der Waals surface area (Å²) >= 11 is 0. The monoisotopic (exact) mass is 233 g/mol. The molecule has 0 saturated carbocycles. The van der Waals surface area contributed by atoms with Crippen molar-refractivity contribution in [2.75, 3.05) is 37.6 Å². The molecule has 17 heavy (non-hydrogen) atoms. The molecule has 0 aliphatic carbocycles. The summed E-state index contributed by atoms with van der Waals surface area (Å²) in [4.78, 5) is 9.02. The number of hydrogen-bond acceptors (Lipinski definition) is 4. The number of amidine groups is 1. The average Bonchev–Trinajstić information content (AvgIpc) is 2.39. The van der Waals surface area contributed by atoms with E-state index < -0.39 is 0 Å². The van der Waals surface area contributed by atoms with Crippen LogP contribution in [0.4, 0.5) is 5.82 Å². The number of rotatable bonds is 3. The van der Waals surface area contributed by atoms with Crippen molar-refractivity contribution in [1.29, 1.82) is 5.41 Å². The molecule has 3 N–H and O–H groups in total. The largest absolute Gasteiger partial charge is 0.384 e. The highest BCUT2D eigenvalue weighted by Gasteiger charge is 2.16. The quantitative estimate of drug-likeness (QED) is 0.589. The molecule has 1 aliphatic rings. The van der Waals surface area contributed by atoms with E-state index in [0.29, 0.717) is 0 Å². The van der Waals surface area contributed by atoms with Gasteiger partial charge in [-0.2, -0.15) is 0 Å². The maximum Gasteiger partial charge on any atom is 0.129 e. The molecule has 2 heterocycles. The van der Waals surface area contributed by atoms with Crippen molar-refractivity contribution in [2.45, 2.75) is 6.92 Å². The second-order valence-electron chi connectivity index (χ2n) is 4.24. The molecule has 1 aliphatic heterocycles. The summed E-state index contributed by atoms with van der Waals surface area (Å²) in [6.07, 6.45) is 1.72. The van der Waals surface area contributed by atoms with E-state index in [0.717, 1.165) is 44.1 Å². The van der Waals surface area contributed by atoms with Gasteiger partial charge in [0.1, 0.15) is 11.7 Å². The fraction of sp³-hybridized carbons (Fsp3) is 0.500. The van der Waals surface area contributed by atoms with Crippen molar-refractivity contribution in [1.82, 2.24) is 9.88 Å². The Bertz CT molecular complexity index is 396. The molecular weight excluding hydrogens is 214 g/mol. The summed E-state index contributed by atoms with van der Waals surface area (Å²) < 4.78 is 0. The molecule has 0 bridgehead atoms. The van der Waals surface area contributed by atoms with Crippen LogP contribution in [-0.2, 0) is 0 Å². The molecule has 1 saturated heterocycles. The number of piperazine rings is 1. The lowest BCUT2D eigenvalue weighted by Crippen LogP contribution is -2.46. The molecular formula is C12H19N5. The average molecular weight is 233 g/mol. The molecule has 5 heteroatoms. The van der Waals surface area contributed by atoms with Crippen molar-refractivity contribution < 1.29 is 0 Å². The minimum absolute atomic E-state index is 0.0980. The Kier molecular flexibility index (Phi) is 3.58. The minimum Gasteiger partial charge on any atom is -0.384 e. The Hall–Kier alpha value is -1.62. The van der Waals surface area contributed by atoms with Gasteiger partial charge in [-0.05, 0) is 18.7 Å². The number of hydrogen-bond donors (Lipinski definition) is 2. The number of nitrogens with two attached hydrogens (primary N) is 1. The molecule has 5 nitrogen and oxygen atoms in total. The zero-order valence-corrected chi connectivity index (χ0v) is 10.2. The highest BCUT2D eigenvalue weighted by Crippen LogP contribution is 2.14. The maximum atomic E-state index is 7.43. The van der Waals surface area contributed by atoms with Crippen LogP contribution in [0.5, 0.6) is 0 Å². The summed E-state index contributed by atoms with van der Waals surface area (Å²) in [6, 6.07) is 3.66. The van der Waals surface area contributed by atoms with Crippen LogP contribution in [0.2, 0.25) is 0 Å². The van der Waals surface area contributed by atoms with Gasteiger partial charge in [0.2, 0.25) is 0 Å². The van der Waals surface area contributed by atoms with Gasteiger partial charge in [-0.25, -0.2) is 4.98 Å². The van der Waals surface area contributed by atoms with Gasteiger partial charge in [0.25, 0.3) is 0 Å². The fourth-order valence-electron chi connectivity index (χ4n) is 2.05. The maximum absolute atomic E-state index is 7.43. The van der Waals surface area contributed by atoms with E-state index in [-0.39, 0.29) is 5.84 Å². The zero-order chi connectivity index (χ0) is 12.3. The SMILES string of the molecule is CCN1CCN(c2cc(C(=N)N)ccn2)CC1. The third-order valence-corrected chi connectivity index (χ3v) is 3.20. The minimum atomic E-state index is 0.0980. The van der Waals surface area contributed by atoms with Gasteiger partial charge in [-0.15, -0.1) is 0 Å². The molecule has 92 valence electrons. The summed E-state index contributed by atoms with van der Waals surface area (Å²) in [5, 5.41) is 7.43. The van der Waals surface area contributed by atoms with Crippen molar-refractivity contribution in [3.05, 3.63) is 23.9 Å². The summed E-state index contributed by atoms with van der Waals surface area (Å²) in [7, 11) is 0. The lowest BCUT2D eigenvalue weighted by Gasteiger charge is -2.34. The molecule has 1 aromatic rings. The van der Waals surface area contributed by atoms with Crippen LogP contribution in [0.3, 0.4) is 0 Å². The molecule has 1 aromatic heterocycles. The first-order valence-corrected chi connectivity index (χ1v) is 5.98. The number of pyridine rings is 1. The summed E-state index contributed by atoms with van der Waals surface area (Å²) in [6.45, 7) is 7.41. The normalized spacial score (nSPS) is 17.1. The first-order chi connectivity index (χ1) is 8.20. The van der Waals surface area contributed by atoms with E-state index in [1.165, 1.54) is 0 Å². The molecule has 0 aromatic carbocycles. The lowest BCUT2D eigenvalue weighted by molar-refractivity contribution is 0.270. The Morgan fingerprint density at radius 1 is 1.41 bits per heavy atom. The van der Waals surface area contributed by atoms with Crippen LogP contribution in [0, 0.1) is 5.41 Å². The zero-order valence-electron chi connectivity index (χ0n) is 10.2. The lowest BCUT2D eigenvalue weighted by atomic mass is 10.2. The Morgan fingerprint density at radius 2 is 2.12 bits per heavy atom. The first kappa shape index (κ1) is 11.9. The van der Waals surface area contributed by atoms with Gasteiger partial charge >= 0.3 is 0 Å². The number of nitrogens with zero attached hydrogens (tertiary/aromatic N) is 3. The number of nitrogen functional groups attached to an aromatic ring is 1. The van der Waals surface area contributed by atoms with Gasteiger partial charge in [-0.1, -0.05) is 6.92 Å². The third-order valence-electron chi connectivity index (χ3n) is 3.20. The molecule has 0 atom stereocenters. The van der Waals surface area contributed by atoms with Gasteiger partial charge in [0, 0.05) is 37.9 Å². The Labute approximate surface area is 102 Å². The van der Waals surface area contributed by atoms with E-state index in [1.54, 1.807) is 12.3 Å². The smallest absolute Gasteiger partial charge is 0.129 e. The van der Waals surface area contributed by atoms with Gasteiger partial charge < -0.3 is 15.5 Å². The van der Waals surface area contributed by atoms with E-state index in [4.69, 9.17) is 11.1 Å². The number of aromatic nitrogens is 1. The molecule has 0 spiro atoms. The van der Waals surface area contributed by atoms with E-state index in [2.05, 4.69) is 21.7 Å². The predicted molar refractivity (Wildman–Crippen MR) is 69.6 cm³/mol. The molecule has 0 radical (unpaired) electrons. The summed E-state index contributed by atoms with van der Waals surface area (Å²) in [5.74, 6) is 1.02. The van der Waals surface area contributed by atoms with E-state index >= 15 is 0 Å². The Morgan fingerprint density at radius 3 is 2.71 bits per heavy atom. The van der Waals surface area contributed by atoms with Crippen molar-refractivity contribution in [2.24, 2.45) is 5.73 Å². The number of likely N-dealkylation sites (N-methyl/N-ethyl adjacent to an activating group) is 1. The van der Waals surface area contributed by atoms with E-state index in [9.17, 15) is 0 Å². The van der Waals surface area contributed by atoms with Crippen LogP contribution in [0.1, 0.15) is 12.5 Å². The molecule has 0 unspecified atom stereocenters. The van der Waals surface area contributed by atoms with E-state index in [1.807, 2.05) is 6.07 Å². The molecule has 2 rings (SSSR count). The van der Waals surface area contributed by atoms with Crippen LogP contribution >= 0.6 is 0 Å². The Balaban J connectivity index is 2.08.